The van der Waals surface area contributed by atoms with Crippen LogP contribution < -0.4 is 4.90 Å². The molecule has 0 fully saturated rings. The first-order valence-electron chi connectivity index (χ1n) is 19.0. The van der Waals surface area contributed by atoms with Crippen LogP contribution >= 0.6 is 0 Å². The van der Waals surface area contributed by atoms with Gasteiger partial charge in [-0.25, -0.2) is 9.97 Å². The lowest BCUT2D eigenvalue weighted by atomic mass is 9.96. The van der Waals surface area contributed by atoms with Gasteiger partial charge >= 0.3 is 0 Å². The van der Waals surface area contributed by atoms with Crippen LogP contribution in [0.25, 0.3) is 83.4 Å². The molecule has 0 atom stereocenters. The molecule has 0 bridgehead atoms. The Hall–Kier alpha value is -7.56. The molecule has 0 radical (unpaired) electrons. The Morgan fingerprint density at radius 2 is 0.768 bits per heavy atom. The minimum absolute atomic E-state index is 0.865. The molecular weight excluding hydrogens is 681 g/mol. The summed E-state index contributed by atoms with van der Waals surface area (Å²) in [5.41, 5.74) is 17.2. The molecule has 2 aromatic heterocycles. The van der Waals surface area contributed by atoms with Crippen molar-refractivity contribution in [2.75, 3.05) is 4.90 Å². The van der Waals surface area contributed by atoms with E-state index >= 15 is 0 Å². The standard InChI is InChI=1S/C52H34N4/c1-6-16-35(17-7-1)40-26-28-45-43(30-40)44-31-42(37-20-10-3-11-21-37)33-48-51(44)55(45)46-29-27-41(36-18-8-2-9-19-36)32-47(46)56(48)52-49(38-22-12-4-13-23-38)53-34-54-50(52)39-24-14-5-15-25-39/h1-34H. The molecule has 1 aliphatic heterocycles. The van der Waals surface area contributed by atoms with Gasteiger partial charge in [-0.3, -0.25) is 0 Å². The van der Waals surface area contributed by atoms with Crippen LogP contribution in [0.3, 0.4) is 0 Å². The first-order valence-corrected chi connectivity index (χ1v) is 19.0. The molecule has 0 amide bonds. The molecule has 4 nitrogen and oxygen atoms in total. The first kappa shape index (κ1) is 31.9. The zero-order valence-corrected chi connectivity index (χ0v) is 30.4. The number of benzene rings is 8. The third-order valence-corrected chi connectivity index (χ3v) is 11.0. The molecular formula is C52H34N4. The first-order chi connectivity index (χ1) is 27.8. The van der Waals surface area contributed by atoms with Crippen LogP contribution in [0, 0.1) is 0 Å². The van der Waals surface area contributed by atoms with E-state index in [1.54, 1.807) is 6.33 Å². The molecule has 4 heteroatoms. The maximum Gasteiger partial charge on any atom is 0.116 e. The molecule has 3 heterocycles. The van der Waals surface area contributed by atoms with Gasteiger partial charge < -0.3 is 9.47 Å². The van der Waals surface area contributed by atoms with Crippen molar-refractivity contribution in [3.8, 4) is 61.6 Å². The van der Waals surface area contributed by atoms with E-state index in [1.165, 1.54) is 21.9 Å². The molecule has 0 spiro atoms. The Bertz CT molecular complexity index is 2990. The zero-order valence-electron chi connectivity index (χ0n) is 30.4. The van der Waals surface area contributed by atoms with Gasteiger partial charge in [0.05, 0.1) is 45.2 Å². The van der Waals surface area contributed by atoms with E-state index in [0.717, 1.165) is 78.6 Å². The number of rotatable bonds is 6. The molecule has 0 saturated heterocycles. The van der Waals surface area contributed by atoms with E-state index in [4.69, 9.17) is 9.97 Å². The van der Waals surface area contributed by atoms with Crippen molar-refractivity contribution in [1.29, 1.82) is 0 Å². The quantitative estimate of drug-likeness (QED) is 0.172. The maximum absolute atomic E-state index is 5.09. The normalized spacial score (nSPS) is 11.9. The van der Waals surface area contributed by atoms with Gasteiger partial charge in [-0.1, -0.05) is 164 Å². The molecule has 11 rings (SSSR count). The highest BCUT2D eigenvalue weighted by Gasteiger charge is 2.33. The summed E-state index contributed by atoms with van der Waals surface area (Å²) in [6.07, 6.45) is 1.71. The van der Waals surface area contributed by atoms with Gasteiger partial charge in [0, 0.05) is 21.9 Å². The van der Waals surface area contributed by atoms with E-state index in [9.17, 15) is 0 Å². The predicted molar refractivity (Wildman–Crippen MR) is 232 cm³/mol. The summed E-state index contributed by atoms with van der Waals surface area (Å²) in [5.74, 6) is 0. The van der Waals surface area contributed by atoms with E-state index in [-0.39, 0.29) is 0 Å². The van der Waals surface area contributed by atoms with Crippen LogP contribution in [-0.2, 0) is 0 Å². The average Bonchev–Trinajstić information content (AvgIpc) is 3.62. The second-order valence-corrected chi connectivity index (χ2v) is 14.2. The second kappa shape index (κ2) is 13.1. The van der Waals surface area contributed by atoms with Crippen molar-refractivity contribution in [2.24, 2.45) is 0 Å². The van der Waals surface area contributed by atoms with Crippen LogP contribution in [0.2, 0.25) is 0 Å². The minimum atomic E-state index is 0.865. The van der Waals surface area contributed by atoms with Crippen LogP contribution in [0.15, 0.2) is 207 Å². The Morgan fingerprint density at radius 3 is 1.32 bits per heavy atom. The topological polar surface area (TPSA) is 34.0 Å². The predicted octanol–water partition coefficient (Wildman–Crippen LogP) is 13.7. The number of anilines is 3. The summed E-state index contributed by atoms with van der Waals surface area (Å²) >= 11 is 0. The average molecular weight is 715 g/mol. The van der Waals surface area contributed by atoms with Crippen molar-refractivity contribution < 1.29 is 0 Å². The molecule has 0 unspecified atom stereocenters. The lowest BCUT2D eigenvalue weighted by Gasteiger charge is -2.35. The van der Waals surface area contributed by atoms with Crippen molar-refractivity contribution in [3.05, 3.63) is 207 Å². The second-order valence-electron chi connectivity index (χ2n) is 14.2. The Kier molecular flexibility index (Phi) is 7.46. The van der Waals surface area contributed by atoms with Crippen LogP contribution in [0.1, 0.15) is 0 Å². The van der Waals surface area contributed by atoms with Gasteiger partial charge in [-0.15, -0.1) is 0 Å². The van der Waals surface area contributed by atoms with Crippen molar-refractivity contribution in [2.45, 2.75) is 0 Å². The molecule has 10 aromatic rings. The summed E-state index contributed by atoms with van der Waals surface area (Å²) in [6.45, 7) is 0. The number of aromatic nitrogens is 3. The van der Waals surface area contributed by atoms with Crippen LogP contribution in [-0.4, -0.2) is 14.5 Å². The Labute approximate surface area is 325 Å². The number of hydrogen-bond acceptors (Lipinski definition) is 3. The van der Waals surface area contributed by atoms with E-state index in [1.807, 2.05) is 0 Å². The highest BCUT2D eigenvalue weighted by Crippen LogP contribution is 2.55. The summed E-state index contributed by atoms with van der Waals surface area (Å²) < 4.78 is 2.47. The van der Waals surface area contributed by atoms with Crippen LogP contribution in [0.4, 0.5) is 17.1 Å². The fourth-order valence-electron chi connectivity index (χ4n) is 8.43. The van der Waals surface area contributed by atoms with Gasteiger partial charge in [-0.2, -0.15) is 0 Å². The van der Waals surface area contributed by atoms with E-state index < -0.39 is 0 Å². The summed E-state index contributed by atoms with van der Waals surface area (Å²) in [6, 6.07) is 71.6. The number of hydrogen-bond donors (Lipinski definition) is 0. The number of nitrogens with zero attached hydrogens (tertiary/aromatic N) is 4. The SMILES string of the molecule is c1ccc(-c2ccc3c(c2)N(c2c(-c4ccccc4)ncnc2-c2ccccc2)c2cc(-c4ccccc4)cc4c5cc(-c6ccccc6)ccc5n-3c24)cc1. The van der Waals surface area contributed by atoms with E-state index in [0.29, 0.717) is 0 Å². The fourth-order valence-corrected chi connectivity index (χ4v) is 8.43. The fraction of sp³-hybridized carbons (Fsp3) is 0. The number of fused-ring (bicyclic) bond motifs is 5. The third kappa shape index (κ3) is 5.15. The zero-order chi connectivity index (χ0) is 37.0. The monoisotopic (exact) mass is 714 g/mol. The molecule has 262 valence electrons. The smallest absolute Gasteiger partial charge is 0.116 e. The molecule has 0 N–H and O–H groups in total. The highest BCUT2D eigenvalue weighted by atomic mass is 15.2. The van der Waals surface area contributed by atoms with Crippen molar-refractivity contribution >= 4 is 38.9 Å². The summed E-state index contributed by atoms with van der Waals surface area (Å²) in [5, 5.41) is 2.40. The molecule has 0 saturated carbocycles. The largest absolute Gasteiger partial charge is 0.305 e. The maximum atomic E-state index is 5.09. The van der Waals surface area contributed by atoms with Crippen molar-refractivity contribution in [1.82, 2.24) is 14.5 Å². The highest BCUT2D eigenvalue weighted by molar-refractivity contribution is 6.19. The molecule has 56 heavy (non-hydrogen) atoms. The molecule has 1 aliphatic rings. The van der Waals surface area contributed by atoms with Crippen molar-refractivity contribution in [3.63, 3.8) is 0 Å². The van der Waals surface area contributed by atoms with Gasteiger partial charge in [0.15, 0.2) is 0 Å². The minimum Gasteiger partial charge on any atom is -0.305 e. The van der Waals surface area contributed by atoms with Gasteiger partial charge in [0.1, 0.15) is 6.33 Å². The lowest BCUT2D eigenvalue weighted by Crippen LogP contribution is -2.20. The van der Waals surface area contributed by atoms with Gasteiger partial charge in [-0.05, 0) is 69.8 Å². The lowest BCUT2D eigenvalue weighted by molar-refractivity contribution is 1.09. The van der Waals surface area contributed by atoms with Crippen LogP contribution in [0.5, 0.6) is 0 Å². The molecule has 8 aromatic carbocycles. The molecule has 0 aliphatic carbocycles. The Balaban J connectivity index is 1.31. The Morgan fingerprint density at radius 1 is 0.321 bits per heavy atom. The van der Waals surface area contributed by atoms with Gasteiger partial charge in [0.2, 0.25) is 0 Å². The van der Waals surface area contributed by atoms with E-state index in [2.05, 4.69) is 210 Å². The summed E-state index contributed by atoms with van der Waals surface area (Å²) in [4.78, 5) is 12.6. The van der Waals surface area contributed by atoms with Gasteiger partial charge in [0.25, 0.3) is 0 Å². The third-order valence-electron chi connectivity index (χ3n) is 11.0. The summed E-state index contributed by atoms with van der Waals surface area (Å²) in [7, 11) is 0.